The van der Waals surface area contributed by atoms with Crippen LogP contribution in [0.4, 0.5) is 0 Å². The first kappa shape index (κ1) is 18.0. The summed E-state index contributed by atoms with van der Waals surface area (Å²) in [5.74, 6) is 0. The third-order valence-corrected chi connectivity index (χ3v) is 2.16. The predicted octanol–water partition coefficient (Wildman–Crippen LogP) is 2.78. The summed E-state index contributed by atoms with van der Waals surface area (Å²) in [6, 6.07) is 5.61. The van der Waals surface area contributed by atoms with Crippen molar-refractivity contribution in [1.29, 1.82) is 0 Å². The maximum atomic E-state index is 5.06. The Bertz CT molecular complexity index is 285. The van der Waals surface area contributed by atoms with Crippen LogP contribution in [0.3, 0.4) is 0 Å². The van der Waals surface area contributed by atoms with E-state index in [0.717, 1.165) is 18.9 Å². The first-order valence-electron chi connectivity index (χ1n) is 6.39. The second-order valence-corrected chi connectivity index (χ2v) is 3.54. The molecule has 0 spiro atoms. The molecule has 110 valence electrons. The van der Waals surface area contributed by atoms with Crippen LogP contribution in [0.25, 0.3) is 0 Å². The number of nitrogens with zero attached hydrogens (tertiary/aromatic N) is 1. The van der Waals surface area contributed by atoms with Gasteiger partial charge in [-0.2, -0.15) is 0 Å². The fraction of sp³-hybridized carbons (Fsp3) is 0.643. The van der Waals surface area contributed by atoms with Crippen LogP contribution in [0.15, 0.2) is 24.4 Å². The highest BCUT2D eigenvalue weighted by molar-refractivity contribution is 5.04. The van der Waals surface area contributed by atoms with E-state index in [2.05, 4.69) is 4.98 Å². The van der Waals surface area contributed by atoms with Crippen molar-refractivity contribution >= 4 is 0 Å². The van der Waals surface area contributed by atoms with Crippen LogP contribution in [0.2, 0.25) is 0 Å². The molecule has 0 aliphatic rings. The number of ether oxygens (including phenoxy) is 4. The van der Waals surface area contributed by atoms with Gasteiger partial charge in [-0.3, -0.25) is 4.98 Å². The van der Waals surface area contributed by atoms with Crippen LogP contribution in [-0.2, 0) is 18.9 Å². The molecule has 0 radical (unpaired) electrons. The van der Waals surface area contributed by atoms with Crippen molar-refractivity contribution in [1.82, 2.24) is 4.98 Å². The predicted molar refractivity (Wildman–Crippen MR) is 73.7 cm³/mol. The maximum Gasteiger partial charge on any atom is 0.200 e. The molecule has 0 aromatic carbocycles. The van der Waals surface area contributed by atoms with E-state index in [4.69, 9.17) is 18.9 Å². The molecule has 0 bridgehead atoms. The van der Waals surface area contributed by atoms with E-state index in [9.17, 15) is 0 Å². The van der Waals surface area contributed by atoms with E-state index in [1.807, 2.05) is 39.0 Å². The molecule has 0 saturated heterocycles. The highest BCUT2D eigenvalue weighted by Crippen LogP contribution is 2.12. The van der Waals surface area contributed by atoms with Crippen LogP contribution in [-0.4, -0.2) is 38.7 Å². The van der Waals surface area contributed by atoms with Gasteiger partial charge in [0.15, 0.2) is 6.29 Å². The minimum atomic E-state index is -0.351. The summed E-state index contributed by atoms with van der Waals surface area (Å²) < 4.78 is 20.1. The quantitative estimate of drug-likeness (QED) is 0.714. The molecular weight excluding hydrogens is 246 g/mol. The first-order chi connectivity index (χ1) is 9.19. The number of aromatic nitrogens is 1. The average Bonchev–Trinajstić information content (AvgIpc) is 2.43. The van der Waals surface area contributed by atoms with Crippen molar-refractivity contribution in [2.24, 2.45) is 0 Å². The molecule has 1 heterocycles. The molecule has 0 saturated carbocycles. The van der Waals surface area contributed by atoms with Gasteiger partial charge in [0.2, 0.25) is 6.29 Å². The number of methoxy groups -OCH3 is 2. The lowest BCUT2D eigenvalue weighted by Gasteiger charge is -2.11. The Kier molecular flexibility index (Phi) is 11.4. The lowest BCUT2D eigenvalue weighted by Crippen LogP contribution is -2.11. The van der Waals surface area contributed by atoms with Gasteiger partial charge in [0.25, 0.3) is 0 Å². The second-order valence-electron chi connectivity index (χ2n) is 3.54. The summed E-state index contributed by atoms with van der Waals surface area (Å²) in [7, 11) is 3.17. The van der Waals surface area contributed by atoms with Gasteiger partial charge in [-0.25, -0.2) is 0 Å². The highest BCUT2D eigenvalue weighted by Gasteiger charge is 2.07. The molecule has 1 aromatic heterocycles. The summed E-state index contributed by atoms with van der Waals surface area (Å²) in [5, 5.41) is 0. The third kappa shape index (κ3) is 8.67. The molecular formula is C14H25NO4. The summed E-state index contributed by atoms with van der Waals surface area (Å²) in [6.07, 6.45) is 1.32. The monoisotopic (exact) mass is 271 g/mol. The smallest absolute Gasteiger partial charge is 0.200 e. The molecule has 0 aliphatic carbocycles. The van der Waals surface area contributed by atoms with E-state index >= 15 is 0 Å². The average molecular weight is 271 g/mol. The number of pyridine rings is 1. The van der Waals surface area contributed by atoms with Crippen molar-refractivity contribution in [2.45, 2.75) is 33.4 Å². The highest BCUT2D eigenvalue weighted by atomic mass is 16.7. The molecule has 19 heavy (non-hydrogen) atoms. The molecule has 0 unspecified atom stereocenters. The van der Waals surface area contributed by atoms with Crippen LogP contribution < -0.4 is 0 Å². The minimum Gasteiger partial charge on any atom is -0.353 e. The first-order valence-corrected chi connectivity index (χ1v) is 6.39. The molecule has 0 atom stereocenters. The van der Waals surface area contributed by atoms with Crippen molar-refractivity contribution in [3.63, 3.8) is 0 Å². The fourth-order valence-electron chi connectivity index (χ4n) is 1.37. The van der Waals surface area contributed by atoms with Crippen molar-refractivity contribution in [3.05, 3.63) is 30.1 Å². The SMILES string of the molecule is CCOC(C)OCC.COC(OC)c1ccccn1. The molecule has 5 nitrogen and oxygen atoms in total. The lowest BCUT2D eigenvalue weighted by molar-refractivity contribution is -0.123. The van der Waals surface area contributed by atoms with Crippen LogP contribution >= 0.6 is 0 Å². The van der Waals surface area contributed by atoms with Crippen LogP contribution in [0, 0.1) is 0 Å². The van der Waals surface area contributed by atoms with Gasteiger partial charge in [0, 0.05) is 33.6 Å². The van der Waals surface area contributed by atoms with Crippen LogP contribution in [0.1, 0.15) is 32.8 Å². The zero-order valence-electron chi connectivity index (χ0n) is 12.5. The summed E-state index contributed by atoms with van der Waals surface area (Å²) >= 11 is 0. The van der Waals surface area contributed by atoms with E-state index in [1.165, 1.54) is 0 Å². The second kappa shape index (κ2) is 12.0. The summed E-state index contributed by atoms with van der Waals surface area (Å²) in [4.78, 5) is 4.07. The fourth-order valence-corrected chi connectivity index (χ4v) is 1.37. The zero-order chi connectivity index (χ0) is 14.5. The van der Waals surface area contributed by atoms with E-state index in [-0.39, 0.29) is 12.6 Å². The van der Waals surface area contributed by atoms with Crippen molar-refractivity contribution in [2.75, 3.05) is 27.4 Å². The largest absolute Gasteiger partial charge is 0.353 e. The Balaban J connectivity index is 0.000000362. The number of rotatable bonds is 7. The van der Waals surface area contributed by atoms with E-state index in [0.29, 0.717) is 0 Å². The normalized spacial score (nSPS) is 10.5. The Morgan fingerprint density at radius 2 is 1.63 bits per heavy atom. The summed E-state index contributed by atoms with van der Waals surface area (Å²) in [6.45, 7) is 7.25. The van der Waals surface area contributed by atoms with E-state index in [1.54, 1.807) is 20.4 Å². The van der Waals surface area contributed by atoms with Crippen molar-refractivity contribution in [3.8, 4) is 0 Å². The molecule has 0 aliphatic heterocycles. The third-order valence-electron chi connectivity index (χ3n) is 2.16. The molecule has 1 rings (SSSR count). The summed E-state index contributed by atoms with van der Waals surface area (Å²) in [5.41, 5.74) is 0.789. The molecule has 0 N–H and O–H groups in total. The molecule has 1 aromatic rings. The Morgan fingerprint density at radius 3 is 2.00 bits per heavy atom. The van der Waals surface area contributed by atoms with Gasteiger partial charge < -0.3 is 18.9 Å². The topological polar surface area (TPSA) is 49.8 Å². The molecule has 0 fully saturated rings. The van der Waals surface area contributed by atoms with Gasteiger partial charge in [-0.15, -0.1) is 0 Å². The molecule has 0 amide bonds. The van der Waals surface area contributed by atoms with E-state index < -0.39 is 0 Å². The standard InChI is InChI=1S/C8H11NO2.C6H14O2/c1-10-8(11-2)7-5-3-4-6-9-7;1-4-7-6(3)8-5-2/h3-6,8H,1-2H3;6H,4-5H2,1-3H3. The molecule has 5 heteroatoms. The van der Waals surface area contributed by atoms with Gasteiger partial charge in [0.05, 0.1) is 5.69 Å². The van der Waals surface area contributed by atoms with Crippen molar-refractivity contribution < 1.29 is 18.9 Å². The van der Waals surface area contributed by atoms with Crippen LogP contribution in [0.5, 0.6) is 0 Å². The van der Waals surface area contributed by atoms with Gasteiger partial charge >= 0.3 is 0 Å². The number of hydrogen-bond donors (Lipinski definition) is 0. The zero-order valence-corrected chi connectivity index (χ0v) is 12.5. The Hall–Kier alpha value is -1.01. The lowest BCUT2D eigenvalue weighted by atomic mass is 10.3. The Labute approximate surface area is 115 Å². The van der Waals surface area contributed by atoms with Gasteiger partial charge in [-0.1, -0.05) is 6.07 Å². The minimum absolute atomic E-state index is 0.0370. The van der Waals surface area contributed by atoms with Gasteiger partial charge in [0.1, 0.15) is 0 Å². The Morgan fingerprint density at radius 1 is 1.05 bits per heavy atom. The van der Waals surface area contributed by atoms with Gasteiger partial charge in [-0.05, 0) is 32.9 Å². The number of hydrogen-bond acceptors (Lipinski definition) is 5. The maximum absolute atomic E-state index is 5.06.